The molecule has 0 saturated heterocycles. The molecule has 0 spiro atoms. The molecule has 0 aliphatic heterocycles. The lowest BCUT2D eigenvalue weighted by Gasteiger charge is -2.43. The fraction of sp³-hybridized carbons (Fsp3) is 0.568. The molecule has 1 atom stereocenters. The van der Waals surface area contributed by atoms with E-state index in [1.807, 2.05) is 42.5 Å². The minimum atomic E-state index is -0.508. The van der Waals surface area contributed by atoms with Crippen LogP contribution in [0.4, 0.5) is 0 Å². The van der Waals surface area contributed by atoms with Crippen molar-refractivity contribution in [3.8, 4) is 23.3 Å². The Bertz CT molecular complexity index is 1210. The number of allylic oxidation sites excluding steroid dienone is 1. The zero-order valence-electron chi connectivity index (χ0n) is 28.0. The van der Waals surface area contributed by atoms with Crippen molar-refractivity contribution < 1.29 is 23.7 Å². The van der Waals surface area contributed by atoms with Crippen molar-refractivity contribution in [2.24, 2.45) is 16.2 Å². The lowest BCUT2D eigenvalue weighted by atomic mass is 9.61. The number of ether oxygens (including phenoxy) is 4. The van der Waals surface area contributed by atoms with Crippen molar-refractivity contribution >= 4 is 17.6 Å². The van der Waals surface area contributed by atoms with Crippen LogP contribution in [0.15, 0.2) is 42.5 Å². The monoisotopic (exact) mass is 591 g/mol. The Hall–Kier alpha value is -3.46. The molecule has 0 amide bonds. The molecule has 43 heavy (non-hydrogen) atoms. The van der Waals surface area contributed by atoms with E-state index in [9.17, 15) is 10.1 Å². The van der Waals surface area contributed by atoms with E-state index in [0.717, 1.165) is 61.8 Å². The number of nitrogens with zero attached hydrogens (tertiary/aromatic N) is 1. The molecule has 0 radical (unpaired) electrons. The summed E-state index contributed by atoms with van der Waals surface area (Å²) < 4.78 is 22.4. The van der Waals surface area contributed by atoms with Crippen LogP contribution in [0.1, 0.15) is 105 Å². The van der Waals surface area contributed by atoms with Gasteiger partial charge in [0.05, 0.1) is 44.5 Å². The van der Waals surface area contributed by atoms with Crippen LogP contribution >= 0.6 is 0 Å². The highest BCUT2D eigenvalue weighted by Gasteiger charge is 2.47. The first-order valence-electron chi connectivity index (χ1n) is 15.5. The number of hydrogen-bond donors (Lipinski definition) is 0. The Morgan fingerprint density at radius 2 is 1.30 bits per heavy atom. The Kier molecular flexibility index (Phi) is 13.6. The van der Waals surface area contributed by atoms with Gasteiger partial charge in [-0.1, -0.05) is 67.2 Å². The van der Waals surface area contributed by atoms with Crippen molar-refractivity contribution in [2.75, 3.05) is 27.4 Å². The smallest absolute Gasteiger partial charge is 0.312 e. The number of esters is 1. The Morgan fingerprint density at radius 3 is 1.79 bits per heavy atom. The quantitative estimate of drug-likeness (QED) is 0.0837. The molecular formula is C37H53NO5. The van der Waals surface area contributed by atoms with Gasteiger partial charge < -0.3 is 18.9 Å². The molecular weight excluding hydrogens is 538 g/mol. The number of carbonyl (C=O) groups is 1. The number of unbranched alkanes of at least 4 members (excludes halogenated alkanes) is 5. The molecule has 236 valence electrons. The van der Waals surface area contributed by atoms with Gasteiger partial charge in [-0.15, -0.1) is 0 Å². The summed E-state index contributed by atoms with van der Waals surface area (Å²) in [7, 11) is 3.20. The van der Waals surface area contributed by atoms with Gasteiger partial charge in [-0.2, -0.15) is 5.26 Å². The molecule has 0 aliphatic rings. The van der Waals surface area contributed by atoms with Gasteiger partial charge in [0.1, 0.15) is 17.2 Å². The van der Waals surface area contributed by atoms with Crippen molar-refractivity contribution in [2.45, 2.75) is 93.4 Å². The molecule has 0 saturated carbocycles. The predicted molar refractivity (Wildman–Crippen MR) is 175 cm³/mol. The average molecular weight is 592 g/mol. The number of carbonyl (C=O) groups excluding carboxylic acids is 1. The van der Waals surface area contributed by atoms with E-state index < -0.39 is 5.41 Å². The highest BCUT2D eigenvalue weighted by atomic mass is 16.5. The fourth-order valence-electron chi connectivity index (χ4n) is 5.12. The average Bonchev–Trinajstić information content (AvgIpc) is 2.95. The first-order valence-corrected chi connectivity index (χ1v) is 15.5. The lowest BCUT2D eigenvalue weighted by molar-refractivity contribution is -0.164. The normalized spacial score (nSPS) is 13.5. The summed E-state index contributed by atoms with van der Waals surface area (Å²) in [5.41, 5.74) is 1.58. The Labute approximate surface area is 260 Å². The second-order valence-electron chi connectivity index (χ2n) is 13.8. The third-order valence-corrected chi connectivity index (χ3v) is 8.00. The Balaban J connectivity index is 1.70. The summed E-state index contributed by atoms with van der Waals surface area (Å²) in [6, 6.07) is 15.4. The molecule has 1 unspecified atom stereocenters. The van der Waals surface area contributed by atoms with E-state index in [4.69, 9.17) is 18.9 Å². The van der Waals surface area contributed by atoms with E-state index in [1.54, 1.807) is 20.3 Å². The molecule has 6 nitrogen and oxygen atoms in total. The van der Waals surface area contributed by atoms with E-state index in [-0.39, 0.29) is 16.8 Å². The van der Waals surface area contributed by atoms with Crippen LogP contribution < -0.4 is 14.2 Å². The van der Waals surface area contributed by atoms with E-state index in [1.165, 1.54) is 0 Å². The van der Waals surface area contributed by atoms with Crippen molar-refractivity contribution in [3.05, 3.63) is 53.6 Å². The molecule has 2 aromatic carbocycles. The minimum Gasteiger partial charge on any atom is -0.497 e. The van der Waals surface area contributed by atoms with Gasteiger partial charge >= 0.3 is 5.97 Å². The number of hydrogen-bond acceptors (Lipinski definition) is 6. The SMILES string of the molecule is COc1cc(C=C(C#N)c2ccc(OCCCCCCCCOC(=O)C(C)(CC(C)(C)C)C(C)(C)C)cc2)cc(OC)c1. The standard InChI is InChI=1S/C37H53NO5/c1-35(2,3)27-37(7,36(4,5)6)34(39)43-21-15-13-11-10-12-14-20-42-31-18-16-29(17-19-31)30(26-38)22-28-23-32(40-8)25-33(24-28)41-9/h16-19,22-25H,10-15,20-21,27H2,1-9H3. The van der Waals surface area contributed by atoms with Crippen molar-refractivity contribution in [3.63, 3.8) is 0 Å². The van der Waals surface area contributed by atoms with Gasteiger partial charge in [0.25, 0.3) is 0 Å². The molecule has 0 aliphatic carbocycles. The minimum absolute atomic E-state index is 0.0555. The molecule has 2 aromatic rings. The summed E-state index contributed by atoms with van der Waals surface area (Å²) in [4.78, 5) is 13.0. The van der Waals surface area contributed by atoms with Crippen LogP contribution in [-0.2, 0) is 9.53 Å². The topological polar surface area (TPSA) is 77.8 Å². The third kappa shape index (κ3) is 11.6. The summed E-state index contributed by atoms with van der Waals surface area (Å²) in [5, 5.41) is 9.74. The summed E-state index contributed by atoms with van der Waals surface area (Å²) >= 11 is 0. The van der Waals surface area contributed by atoms with Crippen LogP contribution in [0.5, 0.6) is 17.2 Å². The summed E-state index contributed by atoms with van der Waals surface area (Å²) in [6.45, 7) is 16.1. The largest absolute Gasteiger partial charge is 0.497 e. The van der Waals surface area contributed by atoms with E-state index in [0.29, 0.717) is 30.3 Å². The van der Waals surface area contributed by atoms with Crippen molar-refractivity contribution in [1.29, 1.82) is 5.26 Å². The fourth-order valence-corrected chi connectivity index (χ4v) is 5.12. The van der Waals surface area contributed by atoms with Crippen LogP contribution in [0.2, 0.25) is 0 Å². The molecule has 0 N–H and O–H groups in total. The van der Waals surface area contributed by atoms with Crippen LogP contribution in [0, 0.1) is 27.6 Å². The third-order valence-electron chi connectivity index (χ3n) is 8.00. The highest BCUT2D eigenvalue weighted by molar-refractivity contribution is 5.90. The maximum Gasteiger partial charge on any atom is 0.312 e. The van der Waals surface area contributed by atoms with Crippen LogP contribution in [-0.4, -0.2) is 33.4 Å². The first-order chi connectivity index (χ1) is 20.2. The Morgan fingerprint density at radius 1 is 0.767 bits per heavy atom. The second kappa shape index (κ2) is 16.4. The van der Waals surface area contributed by atoms with Crippen LogP contribution in [0.25, 0.3) is 11.6 Å². The predicted octanol–water partition coefficient (Wildman–Crippen LogP) is 9.52. The molecule has 0 heterocycles. The number of benzene rings is 2. The van der Waals surface area contributed by atoms with Gasteiger partial charge in [-0.25, -0.2) is 0 Å². The number of rotatable bonds is 16. The number of nitriles is 1. The van der Waals surface area contributed by atoms with Gasteiger partial charge in [0, 0.05) is 6.07 Å². The van der Waals surface area contributed by atoms with Crippen LogP contribution in [0.3, 0.4) is 0 Å². The van der Waals surface area contributed by atoms with Gasteiger partial charge in [-0.05, 0) is 90.6 Å². The molecule has 6 heteroatoms. The van der Waals surface area contributed by atoms with Gasteiger partial charge in [0.15, 0.2) is 0 Å². The zero-order valence-corrected chi connectivity index (χ0v) is 28.0. The number of methoxy groups -OCH3 is 2. The summed E-state index contributed by atoms with van der Waals surface area (Å²) in [5.74, 6) is 2.06. The summed E-state index contributed by atoms with van der Waals surface area (Å²) in [6.07, 6.45) is 8.89. The maximum absolute atomic E-state index is 13.0. The van der Waals surface area contributed by atoms with Gasteiger partial charge in [0.2, 0.25) is 0 Å². The zero-order chi connectivity index (χ0) is 32.1. The van der Waals surface area contributed by atoms with E-state index >= 15 is 0 Å². The first kappa shape index (κ1) is 35.7. The van der Waals surface area contributed by atoms with Crippen molar-refractivity contribution in [1.82, 2.24) is 0 Å². The van der Waals surface area contributed by atoms with E-state index in [2.05, 4.69) is 54.5 Å². The van der Waals surface area contributed by atoms with Gasteiger partial charge in [-0.3, -0.25) is 4.79 Å². The molecule has 0 fully saturated rings. The lowest BCUT2D eigenvalue weighted by Crippen LogP contribution is -2.44. The second-order valence-corrected chi connectivity index (χ2v) is 13.8. The highest BCUT2D eigenvalue weighted by Crippen LogP contribution is 2.47. The molecule has 2 rings (SSSR count). The molecule has 0 aromatic heterocycles. The molecule has 0 bridgehead atoms. The maximum atomic E-state index is 13.0.